The standard InChI is InChI=1S/C10H16ClNO2S2/c1-16(13,14)8-2-6-12-7-5-9-3-4-10(11)15-9/h3-4,12H,2,5-8H2,1H3. The maximum Gasteiger partial charge on any atom is 0.147 e. The summed E-state index contributed by atoms with van der Waals surface area (Å²) in [4.78, 5) is 1.25. The Balaban J connectivity index is 2.04. The Morgan fingerprint density at radius 2 is 2.12 bits per heavy atom. The van der Waals surface area contributed by atoms with Crippen LogP contribution in [0, 0.1) is 0 Å². The molecule has 6 heteroatoms. The van der Waals surface area contributed by atoms with Crippen molar-refractivity contribution in [2.75, 3.05) is 25.1 Å². The van der Waals surface area contributed by atoms with Gasteiger partial charge in [0, 0.05) is 11.1 Å². The van der Waals surface area contributed by atoms with Crippen LogP contribution < -0.4 is 5.32 Å². The lowest BCUT2D eigenvalue weighted by molar-refractivity contribution is 0.594. The van der Waals surface area contributed by atoms with Crippen LogP contribution in [-0.2, 0) is 16.3 Å². The lowest BCUT2D eigenvalue weighted by atomic mass is 10.3. The van der Waals surface area contributed by atoms with Crippen LogP contribution in [0.15, 0.2) is 12.1 Å². The van der Waals surface area contributed by atoms with E-state index in [1.807, 2.05) is 12.1 Å². The average Bonchev–Trinajstić information content (AvgIpc) is 2.56. The molecule has 16 heavy (non-hydrogen) atoms. The van der Waals surface area contributed by atoms with Crippen LogP contribution >= 0.6 is 22.9 Å². The summed E-state index contributed by atoms with van der Waals surface area (Å²) in [6.07, 6.45) is 2.88. The second kappa shape index (κ2) is 6.59. The van der Waals surface area contributed by atoms with Gasteiger partial charge in [0.15, 0.2) is 0 Å². The van der Waals surface area contributed by atoms with Crippen LogP contribution in [0.5, 0.6) is 0 Å². The summed E-state index contributed by atoms with van der Waals surface area (Å²) in [5.41, 5.74) is 0. The molecule has 0 unspecified atom stereocenters. The Bertz CT molecular complexity index is 414. The molecule has 0 aliphatic heterocycles. The lowest BCUT2D eigenvalue weighted by Gasteiger charge is -2.02. The molecule has 0 spiro atoms. The second-order valence-electron chi connectivity index (χ2n) is 3.69. The van der Waals surface area contributed by atoms with Gasteiger partial charge in [-0.25, -0.2) is 8.42 Å². The molecular weight excluding hydrogens is 266 g/mol. The zero-order valence-corrected chi connectivity index (χ0v) is 11.6. The molecule has 0 amide bonds. The lowest BCUT2D eigenvalue weighted by Crippen LogP contribution is -2.20. The van der Waals surface area contributed by atoms with E-state index in [0.717, 1.165) is 23.8 Å². The zero-order valence-electron chi connectivity index (χ0n) is 9.20. The average molecular weight is 282 g/mol. The van der Waals surface area contributed by atoms with Crippen LogP contribution in [0.4, 0.5) is 0 Å². The number of nitrogens with one attached hydrogen (secondary N) is 1. The molecule has 0 atom stereocenters. The van der Waals surface area contributed by atoms with Crippen LogP contribution in [-0.4, -0.2) is 33.5 Å². The molecule has 0 saturated heterocycles. The molecule has 1 aromatic rings. The molecule has 0 aliphatic carbocycles. The van der Waals surface area contributed by atoms with Crippen LogP contribution in [0.2, 0.25) is 4.34 Å². The molecule has 0 radical (unpaired) electrons. The van der Waals surface area contributed by atoms with Crippen molar-refractivity contribution in [3.8, 4) is 0 Å². The van der Waals surface area contributed by atoms with Gasteiger partial charge in [-0.1, -0.05) is 11.6 Å². The third kappa shape index (κ3) is 6.48. The highest BCUT2D eigenvalue weighted by Gasteiger charge is 2.01. The van der Waals surface area contributed by atoms with Gasteiger partial charge < -0.3 is 5.32 Å². The molecule has 1 heterocycles. The predicted molar refractivity (Wildman–Crippen MR) is 70.2 cm³/mol. The summed E-state index contributed by atoms with van der Waals surface area (Å²) in [5, 5.41) is 3.21. The van der Waals surface area contributed by atoms with Crippen molar-refractivity contribution in [1.29, 1.82) is 0 Å². The molecule has 0 bridgehead atoms. The van der Waals surface area contributed by atoms with E-state index in [4.69, 9.17) is 11.6 Å². The number of hydrogen-bond donors (Lipinski definition) is 1. The molecule has 0 aromatic carbocycles. The first-order valence-corrected chi connectivity index (χ1v) is 8.35. The smallest absolute Gasteiger partial charge is 0.147 e. The number of halogens is 1. The summed E-state index contributed by atoms with van der Waals surface area (Å²) in [7, 11) is -2.82. The minimum Gasteiger partial charge on any atom is -0.316 e. The van der Waals surface area contributed by atoms with Gasteiger partial charge in [-0.3, -0.25) is 0 Å². The highest BCUT2D eigenvalue weighted by molar-refractivity contribution is 7.90. The molecule has 1 aromatic heterocycles. The van der Waals surface area contributed by atoms with Gasteiger partial charge in [-0.05, 0) is 38.1 Å². The first-order chi connectivity index (χ1) is 7.47. The van der Waals surface area contributed by atoms with Crippen LogP contribution in [0.3, 0.4) is 0 Å². The third-order valence-electron chi connectivity index (χ3n) is 2.05. The van der Waals surface area contributed by atoms with Crippen LogP contribution in [0.1, 0.15) is 11.3 Å². The van der Waals surface area contributed by atoms with E-state index in [1.54, 1.807) is 11.3 Å². The van der Waals surface area contributed by atoms with Gasteiger partial charge in [0.1, 0.15) is 9.84 Å². The predicted octanol–water partition coefficient (Wildman–Crippen LogP) is 1.97. The summed E-state index contributed by atoms with van der Waals surface area (Å²) in [5.74, 6) is 0.255. The Hall–Kier alpha value is -0.100. The van der Waals surface area contributed by atoms with E-state index in [1.165, 1.54) is 11.1 Å². The Morgan fingerprint density at radius 3 is 2.69 bits per heavy atom. The number of sulfone groups is 1. The fourth-order valence-electron chi connectivity index (χ4n) is 1.28. The zero-order chi connectivity index (χ0) is 12.0. The largest absolute Gasteiger partial charge is 0.316 e. The summed E-state index contributed by atoms with van der Waals surface area (Å²) < 4.78 is 22.5. The second-order valence-corrected chi connectivity index (χ2v) is 7.75. The van der Waals surface area contributed by atoms with Gasteiger partial charge in [0.2, 0.25) is 0 Å². The minimum absolute atomic E-state index is 0.255. The van der Waals surface area contributed by atoms with Crippen molar-refractivity contribution < 1.29 is 8.42 Å². The number of hydrogen-bond acceptors (Lipinski definition) is 4. The van der Waals surface area contributed by atoms with Gasteiger partial charge in [0.25, 0.3) is 0 Å². The molecule has 1 N–H and O–H groups in total. The van der Waals surface area contributed by atoms with Crippen molar-refractivity contribution in [2.24, 2.45) is 0 Å². The summed E-state index contributed by atoms with van der Waals surface area (Å²) in [6, 6.07) is 3.91. The number of rotatable bonds is 7. The first kappa shape index (κ1) is 14.0. The summed E-state index contributed by atoms with van der Waals surface area (Å²) >= 11 is 7.39. The van der Waals surface area contributed by atoms with E-state index < -0.39 is 9.84 Å². The number of thiophene rings is 1. The summed E-state index contributed by atoms with van der Waals surface area (Å²) in [6.45, 7) is 1.60. The van der Waals surface area contributed by atoms with E-state index in [0.29, 0.717) is 6.42 Å². The molecule has 1 rings (SSSR count). The maximum atomic E-state index is 10.8. The molecular formula is C10H16ClNO2S2. The Morgan fingerprint density at radius 1 is 1.38 bits per heavy atom. The van der Waals surface area contributed by atoms with E-state index in [9.17, 15) is 8.42 Å². The van der Waals surface area contributed by atoms with E-state index in [2.05, 4.69) is 5.32 Å². The maximum absolute atomic E-state index is 10.8. The normalized spacial score (nSPS) is 11.9. The first-order valence-electron chi connectivity index (χ1n) is 5.10. The third-order valence-corrected chi connectivity index (χ3v) is 4.37. The fraction of sp³-hybridized carbons (Fsp3) is 0.600. The Kier molecular flexibility index (Phi) is 5.75. The Labute approximate surface area is 106 Å². The van der Waals surface area contributed by atoms with Gasteiger partial charge in [0.05, 0.1) is 10.1 Å². The van der Waals surface area contributed by atoms with Crippen molar-refractivity contribution in [3.05, 3.63) is 21.3 Å². The fourth-order valence-corrected chi connectivity index (χ4v) is 3.04. The van der Waals surface area contributed by atoms with Crippen molar-refractivity contribution in [2.45, 2.75) is 12.8 Å². The van der Waals surface area contributed by atoms with E-state index >= 15 is 0 Å². The molecule has 3 nitrogen and oxygen atoms in total. The highest BCUT2D eigenvalue weighted by atomic mass is 35.5. The van der Waals surface area contributed by atoms with Crippen LogP contribution in [0.25, 0.3) is 0 Å². The van der Waals surface area contributed by atoms with Gasteiger partial charge >= 0.3 is 0 Å². The molecule has 0 aliphatic rings. The van der Waals surface area contributed by atoms with E-state index in [-0.39, 0.29) is 5.75 Å². The van der Waals surface area contributed by atoms with Crippen molar-refractivity contribution in [3.63, 3.8) is 0 Å². The monoisotopic (exact) mass is 281 g/mol. The highest BCUT2D eigenvalue weighted by Crippen LogP contribution is 2.21. The topological polar surface area (TPSA) is 46.2 Å². The molecule has 0 saturated carbocycles. The molecule has 0 fully saturated rings. The van der Waals surface area contributed by atoms with Crippen molar-refractivity contribution >= 4 is 32.8 Å². The molecule has 92 valence electrons. The SMILES string of the molecule is CS(=O)(=O)CCCNCCc1ccc(Cl)s1. The van der Waals surface area contributed by atoms with Crippen molar-refractivity contribution in [1.82, 2.24) is 5.32 Å². The quantitative estimate of drug-likeness (QED) is 0.778. The minimum atomic E-state index is -2.82. The van der Waals surface area contributed by atoms with Gasteiger partial charge in [-0.2, -0.15) is 0 Å². The van der Waals surface area contributed by atoms with Gasteiger partial charge in [-0.15, -0.1) is 11.3 Å².